The van der Waals surface area contributed by atoms with Crippen LogP contribution in [0.15, 0.2) is 0 Å². The van der Waals surface area contributed by atoms with Gasteiger partial charge in [0.1, 0.15) is 5.02 Å². The molecule has 2 atom stereocenters. The van der Waals surface area contributed by atoms with Crippen LogP contribution >= 0.6 is 11.6 Å². The topological polar surface area (TPSA) is 67.5 Å². The molecule has 3 heterocycles. The van der Waals surface area contributed by atoms with E-state index in [4.69, 9.17) is 22.1 Å². The van der Waals surface area contributed by atoms with E-state index < -0.39 is 0 Å². The standard InChI is InChI=1S/C13H20ClN5O/c1-8-11(14)12(17-13(15)16-8)19-4-9-3-18(2)10(5-19)7-20-6-9/h9-10H,3-7H2,1-2H3,(H2,15,16,17)/t9-,10+/m1/s1. The highest BCUT2D eigenvalue weighted by Gasteiger charge is 2.32. The van der Waals surface area contributed by atoms with Crippen molar-refractivity contribution in [2.45, 2.75) is 13.0 Å². The summed E-state index contributed by atoms with van der Waals surface area (Å²) in [5.74, 6) is 1.49. The Bertz CT molecular complexity index is 512. The zero-order chi connectivity index (χ0) is 14.3. The van der Waals surface area contributed by atoms with E-state index in [9.17, 15) is 0 Å². The second kappa shape index (κ2) is 5.35. The molecule has 2 aliphatic rings. The maximum absolute atomic E-state index is 6.38. The predicted molar refractivity (Wildman–Crippen MR) is 79.1 cm³/mol. The molecule has 0 spiro atoms. The Morgan fingerprint density at radius 2 is 2.05 bits per heavy atom. The molecule has 3 rings (SSSR count). The average molecular weight is 298 g/mol. The molecule has 0 radical (unpaired) electrons. The van der Waals surface area contributed by atoms with Gasteiger partial charge in [0, 0.05) is 25.6 Å². The van der Waals surface area contributed by atoms with E-state index in [1.165, 1.54) is 0 Å². The SMILES string of the molecule is Cc1nc(N)nc(N2C[C@@H]3COC[C@H](C2)N(C)C3)c1Cl. The Balaban J connectivity index is 1.94. The van der Waals surface area contributed by atoms with Crippen molar-refractivity contribution in [3.05, 3.63) is 10.7 Å². The Hall–Kier alpha value is -1.11. The molecular formula is C13H20ClN5O. The summed E-state index contributed by atoms with van der Waals surface area (Å²) < 4.78 is 5.74. The molecule has 2 fully saturated rings. The van der Waals surface area contributed by atoms with Crippen LogP contribution in [0, 0.1) is 12.8 Å². The van der Waals surface area contributed by atoms with Gasteiger partial charge in [0.2, 0.25) is 5.95 Å². The molecule has 7 heteroatoms. The van der Waals surface area contributed by atoms with Crippen LogP contribution in [0.25, 0.3) is 0 Å². The first-order valence-corrected chi connectivity index (χ1v) is 7.25. The molecule has 0 aromatic carbocycles. The van der Waals surface area contributed by atoms with Crippen molar-refractivity contribution < 1.29 is 4.74 Å². The van der Waals surface area contributed by atoms with Gasteiger partial charge in [0.15, 0.2) is 5.82 Å². The fourth-order valence-electron chi connectivity index (χ4n) is 3.00. The highest BCUT2D eigenvalue weighted by molar-refractivity contribution is 6.33. The third-order valence-electron chi connectivity index (χ3n) is 4.06. The molecule has 2 bridgehead atoms. The number of hydrogen-bond donors (Lipinski definition) is 1. The van der Waals surface area contributed by atoms with E-state index >= 15 is 0 Å². The van der Waals surface area contributed by atoms with Gasteiger partial charge in [0.05, 0.1) is 24.9 Å². The number of aromatic nitrogens is 2. The minimum atomic E-state index is 0.279. The molecule has 0 amide bonds. The second-order valence-corrected chi connectivity index (χ2v) is 6.08. The summed E-state index contributed by atoms with van der Waals surface area (Å²) in [4.78, 5) is 13.1. The molecular weight excluding hydrogens is 278 g/mol. The van der Waals surface area contributed by atoms with Crippen molar-refractivity contribution in [2.24, 2.45) is 5.92 Å². The number of halogens is 1. The van der Waals surface area contributed by atoms with Gasteiger partial charge in [-0.3, -0.25) is 4.90 Å². The minimum absolute atomic E-state index is 0.279. The van der Waals surface area contributed by atoms with Crippen LogP contribution in [0.5, 0.6) is 0 Å². The van der Waals surface area contributed by atoms with E-state index in [1.807, 2.05) is 6.92 Å². The Kier molecular flexibility index (Phi) is 3.70. The number of fused-ring (bicyclic) bond motifs is 3. The van der Waals surface area contributed by atoms with Gasteiger partial charge in [-0.2, -0.15) is 4.98 Å². The first kappa shape index (κ1) is 13.9. The quantitative estimate of drug-likeness (QED) is 0.826. The normalized spacial score (nSPS) is 27.4. The maximum atomic E-state index is 6.38. The molecule has 2 N–H and O–H groups in total. The lowest BCUT2D eigenvalue weighted by molar-refractivity contribution is 0.0930. The van der Waals surface area contributed by atoms with E-state index in [-0.39, 0.29) is 5.95 Å². The predicted octanol–water partition coefficient (Wildman–Crippen LogP) is 0.787. The molecule has 0 unspecified atom stereocenters. The molecule has 110 valence electrons. The summed E-state index contributed by atoms with van der Waals surface area (Å²) in [5, 5.41) is 0.600. The summed E-state index contributed by atoms with van der Waals surface area (Å²) in [6, 6.07) is 0.357. The Labute approximate surface area is 123 Å². The monoisotopic (exact) mass is 297 g/mol. The van der Waals surface area contributed by atoms with Gasteiger partial charge in [-0.1, -0.05) is 11.6 Å². The van der Waals surface area contributed by atoms with Gasteiger partial charge in [-0.15, -0.1) is 0 Å². The number of anilines is 2. The smallest absolute Gasteiger partial charge is 0.222 e. The van der Waals surface area contributed by atoms with Crippen molar-refractivity contribution >= 4 is 23.4 Å². The van der Waals surface area contributed by atoms with Crippen molar-refractivity contribution in [2.75, 3.05) is 50.5 Å². The maximum Gasteiger partial charge on any atom is 0.222 e. The van der Waals surface area contributed by atoms with Crippen LogP contribution < -0.4 is 10.6 Å². The first-order chi connectivity index (χ1) is 9.54. The largest absolute Gasteiger partial charge is 0.379 e. The Morgan fingerprint density at radius 1 is 1.25 bits per heavy atom. The average Bonchev–Trinajstić information content (AvgIpc) is 2.62. The van der Waals surface area contributed by atoms with Crippen LogP contribution in [-0.2, 0) is 4.74 Å². The van der Waals surface area contributed by atoms with Crippen LogP contribution in [0.1, 0.15) is 5.69 Å². The lowest BCUT2D eigenvalue weighted by atomic mass is 10.1. The number of aryl methyl sites for hydroxylation is 1. The van der Waals surface area contributed by atoms with Gasteiger partial charge in [-0.05, 0) is 14.0 Å². The van der Waals surface area contributed by atoms with Gasteiger partial charge in [0.25, 0.3) is 0 Å². The van der Waals surface area contributed by atoms with Crippen LogP contribution in [0.3, 0.4) is 0 Å². The zero-order valence-electron chi connectivity index (χ0n) is 11.8. The molecule has 6 nitrogen and oxygen atoms in total. The van der Waals surface area contributed by atoms with Gasteiger partial charge >= 0.3 is 0 Å². The van der Waals surface area contributed by atoms with E-state index in [0.29, 0.717) is 17.0 Å². The van der Waals surface area contributed by atoms with Crippen LogP contribution in [-0.4, -0.2) is 60.8 Å². The Morgan fingerprint density at radius 3 is 2.85 bits per heavy atom. The van der Waals surface area contributed by atoms with E-state index in [0.717, 1.165) is 44.4 Å². The molecule has 0 aliphatic carbocycles. The third kappa shape index (κ3) is 2.55. The zero-order valence-corrected chi connectivity index (χ0v) is 12.6. The summed E-state index contributed by atoms with van der Waals surface area (Å²) in [6.07, 6.45) is 0. The number of likely N-dealkylation sites (N-methyl/N-ethyl adjacent to an activating group) is 1. The van der Waals surface area contributed by atoms with Crippen LogP contribution in [0.2, 0.25) is 5.02 Å². The first-order valence-electron chi connectivity index (χ1n) is 6.87. The number of nitrogens with zero attached hydrogens (tertiary/aromatic N) is 4. The van der Waals surface area contributed by atoms with Crippen molar-refractivity contribution in [3.8, 4) is 0 Å². The third-order valence-corrected chi connectivity index (χ3v) is 4.50. The lowest BCUT2D eigenvalue weighted by Gasteiger charge is -2.31. The molecule has 1 aromatic rings. The molecule has 20 heavy (non-hydrogen) atoms. The number of rotatable bonds is 1. The second-order valence-electron chi connectivity index (χ2n) is 5.71. The highest BCUT2D eigenvalue weighted by Crippen LogP contribution is 2.30. The molecule has 2 aliphatic heterocycles. The summed E-state index contributed by atoms with van der Waals surface area (Å²) in [5.41, 5.74) is 6.50. The summed E-state index contributed by atoms with van der Waals surface area (Å²) in [7, 11) is 2.15. The highest BCUT2D eigenvalue weighted by atomic mass is 35.5. The van der Waals surface area contributed by atoms with E-state index in [2.05, 4.69) is 26.8 Å². The fraction of sp³-hybridized carbons (Fsp3) is 0.692. The fourth-order valence-corrected chi connectivity index (χ4v) is 3.20. The van der Waals surface area contributed by atoms with Crippen LogP contribution in [0.4, 0.5) is 11.8 Å². The van der Waals surface area contributed by atoms with E-state index in [1.54, 1.807) is 0 Å². The van der Waals surface area contributed by atoms with Crippen molar-refractivity contribution in [3.63, 3.8) is 0 Å². The van der Waals surface area contributed by atoms with Gasteiger partial charge in [-0.25, -0.2) is 4.98 Å². The molecule has 2 saturated heterocycles. The van der Waals surface area contributed by atoms with Gasteiger partial charge < -0.3 is 15.4 Å². The summed E-state index contributed by atoms with van der Waals surface area (Å²) >= 11 is 6.38. The number of hydrogen-bond acceptors (Lipinski definition) is 6. The lowest BCUT2D eigenvalue weighted by Crippen LogP contribution is -2.42. The van der Waals surface area contributed by atoms with Crippen molar-refractivity contribution in [1.82, 2.24) is 14.9 Å². The minimum Gasteiger partial charge on any atom is -0.379 e. The number of nitrogen functional groups attached to an aromatic ring is 1. The number of ether oxygens (including phenoxy) is 1. The summed E-state index contributed by atoms with van der Waals surface area (Å²) in [6.45, 7) is 6.17. The molecule has 0 saturated carbocycles. The molecule has 1 aromatic heterocycles. The van der Waals surface area contributed by atoms with Crippen molar-refractivity contribution in [1.29, 1.82) is 0 Å². The number of nitrogens with two attached hydrogens (primary N) is 1.